The van der Waals surface area contributed by atoms with E-state index >= 15 is 0 Å². The number of anilines is 1. The third-order valence-corrected chi connectivity index (χ3v) is 4.35. The number of hydrogen-bond donors (Lipinski definition) is 1. The molecule has 0 bridgehead atoms. The van der Waals surface area contributed by atoms with Crippen molar-refractivity contribution in [1.29, 1.82) is 0 Å². The summed E-state index contributed by atoms with van der Waals surface area (Å²) in [5.41, 5.74) is 3.08. The van der Waals surface area contributed by atoms with E-state index in [4.69, 9.17) is 0 Å². The van der Waals surface area contributed by atoms with Crippen LogP contribution in [0.25, 0.3) is 11.0 Å². The first-order chi connectivity index (χ1) is 9.24. The highest BCUT2D eigenvalue weighted by atomic mass is 14.9. The van der Waals surface area contributed by atoms with Gasteiger partial charge in [-0.3, -0.25) is 9.97 Å². The molecule has 1 heterocycles. The molecule has 0 aliphatic heterocycles. The highest BCUT2D eigenvalue weighted by Gasteiger charge is 2.27. The first kappa shape index (κ1) is 12.4. The molecule has 3 heteroatoms. The van der Waals surface area contributed by atoms with Crippen molar-refractivity contribution in [2.75, 3.05) is 5.32 Å². The molecule has 1 N–H and O–H groups in total. The van der Waals surface area contributed by atoms with E-state index in [2.05, 4.69) is 41.3 Å². The molecular formula is C16H21N3. The molecule has 2 unspecified atom stereocenters. The molecule has 1 aromatic heterocycles. The summed E-state index contributed by atoms with van der Waals surface area (Å²) in [6, 6.07) is 6.84. The number of nitrogens with zero attached hydrogens (tertiary/aromatic N) is 2. The molecular weight excluding hydrogens is 234 g/mol. The maximum atomic E-state index is 4.37. The number of rotatable bonds is 2. The van der Waals surface area contributed by atoms with E-state index in [0.29, 0.717) is 6.04 Å². The van der Waals surface area contributed by atoms with Gasteiger partial charge in [0.25, 0.3) is 0 Å². The lowest BCUT2D eigenvalue weighted by Gasteiger charge is -2.35. The molecule has 3 rings (SSSR count). The molecule has 0 spiro atoms. The molecule has 100 valence electrons. The van der Waals surface area contributed by atoms with Crippen LogP contribution in [0.15, 0.2) is 30.6 Å². The van der Waals surface area contributed by atoms with E-state index in [1.165, 1.54) is 24.9 Å². The van der Waals surface area contributed by atoms with Gasteiger partial charge in [-0.1, -0.05) is 20.3 Å². The predicted octanol–water partition coefficient (Wildman–Crippen LogP) is 3.87. The Morgan fingerprint density at radius 2 is 1.68 bits per heavy atom. The lowest BCUT2D eigenvalue weighted by Crippen LogP contribution is -2.37. The van der Waals surface area contributed by atoms with Crippen LogP contribution < -0.4 is 5.32 Å². The van der Waals surface area contributed by atoms with Crippen LogP contribution in [0.2, 0.25) is 0 Å². The molecule has 1 saturated carbocycles. The minimum atomic E-state index is 0.572. The molecule has 2 atom stereocenters. The summed E-state index contributed by atoms with van der Waals surface area (Å²) >= 11 is 0. The van der Waals surface area contributed by atoms with Crippen LogP contribution >= 0.6 is 0 Å². The number of fused-ring (bicyclic) bond motifs is 1. The van der Waals surface area contributed by atoms with Crippen LogP contribution in [0.4, 0.5) is 5.69 Å². The van der Waals surface area contributed by atoms with Crippen molar-refractivity contribution in [3.63, 3.8) is 0 Å². The van der Waals surface area contributed by atoms with Gasteiger partial charge in [0, 0.05) is 24.1 Å². The average molecular weight is 255 g/mol. The van der Waals surface area contributed by atoms with Gasteiger partial charge in [0.05, 0.1) is 11.0 Å². The highest BCUT2D eigenvalue weighted by molar-refractivity contribution is 5.78. The van der Waals surface area contributed by atoms with Gasteiger partial charge < -0.3 is 5.32 Å². The highest BCUT2D eigenvalue weighted by Crippen LogP contribution is 2.31. The number of benzene rings is 1. The molecule has 2 aromatic rings. The van der Waals surface area contributed by atoms with Crippen LogP contribution in [0.3, 0.4) is 0 Å². The molecule has 19 heavy (non-hydrogen) atoms. The third-order valence-electron chi connectivity index (χ3n) is 4.35. The monoisotopic (exact) mass is 255 g/mol. The third kappa shape index (κ3) is 2.55. The van der Waals surface area contributed by atoms with Gasteiger partial charge in [-0.2, -0.15) is 0 Å². The minimum absolute atomic E-state index is 0.572. The van der Waals surface area contributed by atoms with Crippen molar-refractivity contribution < 1.29 is 0 Å². The van der Waals surface area contributed by atoms with E-state index in [-0.39, 0.29) is 0 Å². The van der Waals surface area contributed by atoms with Gasteiger partial charge in [0.2, 0.25) is 0 Å². The van der Waals surface area contributed by atoms with Crippen molar-refractivity contribution in [3.8, 4) is 0 Å². The first-order valence-electron chi connectivity index (χ1n) is 7.21. The second-order valence-electron chi connectivity index (χ2n) is 5.82. The summed E-state index contributed by atoms with van der Waals surface area (Å²) in [6.45, 7) is 4.71. The smallest absolute Gasteiger partial charge is 0.0907 e. The summed E-state index contributed by atoms with van der Waals surface area (Å²) in [5.74, 6) is 1.47. The second-order valence-corrected chi connectivity index (χ2v) is 5.82. The lowest BCUT2D eigenvalue weighted by atomic mass is 9.78. The Kier molecular flexibility index (Phi) is 3.36. The summed E-state index contributed by atoms with van der Waals surface area (Å²) in [4.78, 5) is 8.68. The lowest BCUT2D eigenvalue weighted by molar-refractivity contribution is 0.268. The number of aromatic nitrogens is 2. The zero-order valence-electron chi connectivity index (χ0n) is 11.6. The van der Waals surface area contributed by atoms with Gasteiger partial charge >= 0.3 is 0 Å². The van der Waals surface area contributed by atoms with E-state index in [0.717, 1.165) is 22.9 Å². The number of nitrogens with one attached hydrogen (secondary N) is 1. The van der Waals surface area contributed by atoms with E-state index < -0.39 is 0 Å². The summed E-state index contributed by atoms with van der Waals surface area (Å²) in [6.07, 6.45) is 7.51. The van der Waals surface area contributed by atoms with Crippen LogP contribution in [0.1, 0.15) is 33.1 Å². The Labute approximate surface area is 114 Å². The van der Waals surface area contributed by atoms with Crippen LogP contribution in [-0.4, -0.2) is 16.0 Å². The molecule has 1 fully saturated rings. The predicted molar refractivity (Wildman–Crippen MR) is 79.1 cm³/mol. The Bertz CT molecular complexity index is 557. The van der Waals surface area contributed by atoms with Crippen LogP contribution in [0, 0.1) is 11.8 Å². The minimum Gasteiger partial charge on any atom is -0.382 e. The zero-order chi connectivity index (χ0) is 13.2. The first-order valence-corrected chi connectivity index (χ1v) is 7.21. The zero-order valence-corrected chi connectivity index (χ0v) is 11.6. The SMILES string of the molecule is CC1CCCC(C)C1Nc1ccc2nccnc2c1. The van der Waals surface area contributed by atoms with Crippen molar-refractivity contribution in [3.05, 3.63) is 30.6 Å². The Balaban J connectivity index is 1.84. The van der Waals surface area contributed by atoms with E-state index in [1.807, 2.05) is 6.07 Å². The maximum Gasteiger partial charge on any atom is 0.0907 e. The Hall–Kier alpha value is -1.64. The summed E-state index contributed by atoms with van der Waals surface area (Å²) in [5, 5.41) is 3.70. The molecule has 0 radical (unpaired) electrons. The quantitative estimate of drug-likeness (QED) is 0.885. The second kappa shape index (κ2) is 5.16. The van der Waals surface area contributed by atoms with Gasteiger partial charge in [0.15, 0.2) is 0 Å². The number of hydrogen-bond acceptors (Lipinski definition) is 3. The fraction of sp³-hybridized carbons (Fsp3) is 0.500. The standard InChI is InChI=1S/C16H21N3/c1-11-4-3-5-12(2)16(11)19-13-6-7-14-15(10-13)18-9-8-17-14/h6-12,16,19H,3-5H2,1-2H3. The van der Waals surface area contributed by atoms with E-state index in [9.17, 15) is 0 Å². The van der Waals surface area contributed by atoms with Crippen molar-refractivity contribution in [2.45, 2.75) is 39.2 Å². The van der Waals surface area contributed by atoms with Crippen LogP contribution in [-0.2, 0) is 0 Å². The molecule has 1 aliphatic carbocycles. The fourth-order valence-electron chi connectivity index (χ4n) is 3.21. The largest absolute Gasteiger partial charge is 0.382 e. The van der Waals surface area contributed by atoms with Crippen molar-refractivity contribution >= 4 is 16.7 Å². The normalized spacial score (nSPS) is 27.4. The molecule has 3 nitrogen and oxygen atoms in total. The molecule has 0 saturated heterocycles. The Morgan fingerprint density at radius 1 is 1.00 bits per heavy atom. The van der Waals surface area contributed by atoms with Crippen LogP contribution in [0.5, 0.6) is 0 Å². The van der Waals surface area contributed by atoms with Gasteiger partial charge in [0.1, 0.15) is 0 Å². The molecule has 0 amide bonds. The summed E-state index contributed by atoms with van der Waals surface area (Å²) < 4.78 is 0. The topological polar surface area (TPSA) is 37.8 Å². The van der Waals surface area contributed by atoms with Gasteiger partial charge in [-0.15, -0.1) is 0 Å². The molecule has 1 aromatic carbocycles. The van der Waals surface area contributed by atoms with Crippen molar-refractivity contribution in [1.82, 2.24) is 9.97 Å². The van der Waals surface area contributed by atoms with Crippen molar-refractivity contribution in [2.24, 2.45) is 11.8 Å². The Morgan fingerprint density at radius 3 is 2.42 bits per heavy atom. The fourth-order valence-corrected chi connectivity index (χ4v) is 3.21. The van der Waals surface area contributed by atoms with Gasteiger partial charge in [-0.05, 0) is 42.9 Å². The average Bonchev–Trinajstić information content (AvgIpc) is 2.43. The summed E-state index contributed by atoms with van der Waals surface area (Å²) in [7, 11) is 0. The molecule has 1 aliphatic rings. The van der Waals surface area contributed by atoms with E-state index in [1.54, 1.807) is 12.4 Å². The van der Waals surface area contributed by atoms with Gasteiger partial charge in [-0.25, -0.2) is 0 Å². The maximum absolute atomic E-state index is 4.37.